The molecule has 28 heavy (non-hydrogen) atoms. The van der Waals surface area contributed by atoms with Crippen molar-refractivity contribution in [2.24, 2.45) is 0 Å². The molecule has 0 aliphatic heterocycles. The number of aliphatic hydroxyl groups is 1. The van der Waals surface area contributed by atoms with Gasteiger partial charge in [-0.3, -0.25) is 9.63 Å². The van der Waals surface area contributed by atoms with E-state index in [0.717, 1.165) is 0 Å². The lowest BCUT2D eigenvalue weighted by molar-refractivity contribution is -0.0133. The Bertz CT molecular complexity index is 1010. The van der Waals surface area contributed by atoms with E-state index < -0.39 is 23.6 Å². The molecule has 2 heterocycles. The van der Waals surface area contributed by atoms with Crippen LogP contribution in [0.25, 0.3) is 5.65 Å². The maximum Gasteiger partial charge on any atom is 0.278 e. The van der Waals surface area contributed by atoms with Crippen molar-refractivity contribution in [3.05, 3.63) is 58.5 Å². The Balaban J connectivity index is 1.96. The summed E-state index contributed by atoms with van der Waals surface area (Å²) in [7, 11) is 0. The van der Waals surface area contributed by atoms with E-state index in [1.54, 1.807) is 13.0 Å². The minimum Gasteiger partial charge on any atom is -0.391 e. The van der Waals surface area contributed by atoms with Crippen molar-refractivity contribution in [1.29, 1.82) is 0 Å². The molecule has 2 aromatic heterocycles. The molecule has 0 saturated carbocycles. The molecule has 0 radical (unpaired) electrons. The third kappa shape index (κ3) is 4.29. The first kappa shape index (κ1) is 20.2. The number of hydrogen-bond donors (Lipinski definition) is 3. The van der Waals surface area contributed by atoms with Crippen molar-refractivity contribution >= 4 is 38.9 Å². The number of hydroxylamine groups is 1. The molecule has 3 aromatic rings. The smallest absolute Gasteiger partial charge is 0.278 e. The summed E-state index contributed by atoms with van der Waals surface area (Å²) in [6, 6.07) is 4.19. The summed E-state index contributed by atoms with van der Waals surface area (Å²) in [5, 5.41) is 12.1. The van der Waals surface area contributed by atoms with Gasteiger partial charge in [-0.2, -0.15) is 0 Å². The summed E-state index contributed by atoms with van der Waals surface area (Å²) in [5.74, 6) is -2.22. The van der Waals surface area contributed by atoms with E-state index in [9.17, 15) is 18.7 Å². The fourth-order valence-electron chi connectivity index (χ4n) is 2.42. The summed E-state index contributed by atoms with van der Waals surface area (Å²) in [4.78, 5) is 21.4. The Hall–Kier alpha value is -2.56. The summed E-state index contributed by atoms with van der Waals surface area (Å²) in [5.41, 5.74) is 1.73. The zero-order valence-corrected chi connectivity index (χ0v) is 16.3. The average Bonchev–Trinajstić information content (AvgIpc) is 3.14. The first-order chi connectivity index (χ1) is 13.4. The quantitative estimate of drug-likeness (QED) is 0.475. The number of fused-ring (bicyclic) bond motifs is 1. The van der Waals surface area contributed by atoms with Gasteiger partial charge in [-0.25, -0.2) is 19.2 Å². The van der Waals surface area contributed by atoms with Gasteiger partial charge in [0.05, 0.1) is 23.0 Å². The van der Waals surface area contributed by atoms with Gasteiger partial charge in [0.25, 0.3) is 5.91 Å². The van der Waals surface area contributed by atoms with Crippen LogP contribution in [0.3, 0.4) is 0 Å². The Morgan fingerprint density at radius 3 is 2.93 bits per heavy atom. The van der Waals surface area contributed by atoms with Gasteiger partial charge in [0.1, 0.15) is 12.4 Å². The molecule has 0 aliphatic carbocycles. The van der Waals surface area contributed by atoms with Crippen LogP contribution >= 0.6 is 15.9 Å². The number of aliphatic hydroxyl groups excluding tert-OH is 1. The van der Waals surface area contributed by atoms with E-state index in [1.165, 1.54) is 35.1 Å². The number of nitrogens with zero attached hydrogens (tertiary/aromatic N) is 2. The minimum absolute atomic E-state index is 0.0191. The zero-order chi connectivity index (χ0) is 20.3. The molecule has 1 aromatic carbocycles. The molecule has 3 rings (SSSR count). The first-order valence-corrected chi connectivity index (χ1v) is 9.17. The second-order valence-electron chi connectivity index (χ2n) is 5.94. The molecule has 148 valence electrons. The molecular formula is C18H17BrF2N4O3. The second kappa shape index (κ2) is 8.63. The fraction of sp³-hybridized carbons (Fsp3) is 0.222. The third-order valence-electron chi connectivity index (χ3n) is 3.97. The van der Waals surface area contributed by atoms with Gasteiger partial charge in [-0.05, 0) is 24.6 Å². The van der Waals surface area contributed by atoms with Crippen LogP contribution in [0.15, 0.2) is 41.3 Å². The monoisotopic (exact) mass is 454 g/mol. The number of halogens is 3. The Morgan fingerprint density at radius 2 is 2.21 bits per heavy atom. The van der Waals surface area contributed by atoms with Crippen LogP contribution in [0.1, 0.15) is 23.7 Å². The van der Waals surface area contributed by atoms with Crippen molar-refractivity contribution in [2.75, 3.05) is 11.9 Å². The lowest BCUT2D eigenvalue weighted by Crippen LogP contribution is -2.29. The van der Waals surface area contributed by atoms with Crippen molar-refractivity contribution in [3.63, 3.8) is 0 Å². The summed E-state index contributed by atoms with van der Waals surface area (Å²) in [6.07, 6.45) is 3.89. The molecular weight excluding hydrogens is 438 g/mol. The van der Waals surface area contributed by atoms with Crippen molar-refractivity contribution in [1.82, 2.24) is 14.9 Å². The number of hydrogen-bond acceptors (Lipinski definition) is 5. The number of anilines is 2. The van der Waals surface area contributed by atoms with E-state index in [1.807, 2.05) is 0 Å². The van der Waals surface area contributed by atoms with Crippen molar-refractivity contribution in [2.45, 2.75) is 19.4 Å². The molecule has 10 heteroatoms. The number of nitrogens with one attached hydrogen (secondary N) is 2. The van der Waals surface area contributed by atoms with Crippen LogP contribution in [0.5, 0.6) is 0 Å². The van der Waals surface area contributed by atoms with Gasteiger partial charge >= 0.3 is 0 Å². The number of amides is 1. The maximum absolute atomic E-state index is 15.0. The number of benzene rings is 1. The lowest BCUT2D eigenvalue weighted by Gasteiger charge is -2.15. The highest BCUT2D eigenvalue weighted by molar-refractivity contribution is 9.10. The molecule has 0 saturated heterocycles. The molecule has 0 bridgehead atoms. The topological polar surface area (TPSA) is 87.9 Å². The highest BCUT2D eigenvalue weighted by atomic mass is 79.9. The van der Waals surface area contributed by atoms with Crippen LogP contribution in [-0.2, 0) is 4.84 Å². The van der Waals surface area contributed by atoms with Gasteiger partial charge in [0.15, 0.2) is 11.5 Å². The molecule has 0 aliphatic rings. The fourth-order valence-corrected chi connectivity index (χ4v) is 2.75. The van der Waals surface area contributed by atoms with Gasteiger partial charge < -0.3 is 14.8 Å². The van der Waals surface area contributed by atoms with Crippen molar-refractivity contribution in [3.8, 4) is 0 Å². The molecule has 0 unspecified atom stereocenters. The number of carbonyl (C=O) groups is 1. The highest BCUT2D eigenvalue weighted by Gasteiger charge is 2.21. The lowest BCUT2D eigenvalue weighted by atomic mass is 10.2. The summed E-state index contributed by atoms with van der Waals surface area (Å²) >= 11 is 3.15. The minimum atomic E-state index is -0.825. The maximum atomic E-state index is 15.0. The number of imidazole rings is 1. The van der Waals surface area contributed by atoms with Crippen LogP contribution in [0, 0.1) is 11.6 Å². The molecule has 7 nitrogen and oxygen atoms in total. The molecule has 3 N–H and O–H groups in total. The Morgan fingerprint density at radius 1 is 1.43 bits per heavy atom. The Kier molecular flexibility index (Phi) is 6.22. The highest BCUT2D eigenvalue weighted by Crippen LogP contribution is 2.29. The first-order valence-electron chi connectivity index (χ1n) is 8.38. The van der Waals surface area contributed by atoms with E-state index in [2.05, 4.69) is 31.7 Å². The van der Waals surface area contributed by atoms with Gasteiger partial charge in [0, 0.05) is 23.1 Å². The standard InChI is InChI=1S/C18H17BrF2N4O3/c1-2-11(26)9-28-24-18(27)12-8-25-6-5-22-17(25)15(21)16(12)23-14-4-3-10(19)7-13(14)20/h3-8,11,23,26H,2,9H2,1H3,(H,24,27)/t11-/m0/s1. The van der Waals surface area contributed by atoms with Crippen molar-refractivity contribution < 1.29 is 23.5 Å². The van der Waals surface area contributed by atoms with Crippen LogP contribution in [0.4, 0.5) is 20.2 Å². The van der Waals surface area contributed by atoms with Crippen LogP contribution < -0.4 is 10.8 Å². The molecule has 1 amide bonds. The number of pyridine rings is 1. The predicted molar refractivity (Wildman–Crippen MR) is 102 cm³/mol. The molecule has 0 fully saturated rings. The van der Waals surface area contributed by atoms with E-state index in [-0.39, 0.29) is 29.2 Å². The summed E-state index contributed by atoms with van der Waals surface area (Å²) in [6.45, 7) is 1.63. The second-order valence-corrected chi connectivity index (χ2v) is 6.86. The Labute approximate surface area is 167 Å². The number of carbonyl (C=O) groups excluding carboxylic acids is 1. The predicted octanol–water partition coefficient (Wildman–Crippen LogP) is 3.55. The van der Waals surface area contributed by atoms with Gasteiger partial charge in [-0.15, -0.1) is 0 Å². The van der Waals surface area contributed by atoms with E-state index in [4.69, 9.17) is 4.84 Å². The van der Waals surface area contributed by atoms with Gasteiger partial charge in [0.2, 0.25) is 0 Å². The number of rotatable bonds is 7. The van der Waals surface area contributed by atoms with E-state index in [0.29, 0.717) is 10.9 Å². The number of aromatic nitrogens is 2. The zero-order valence-electron chi connectivity index (χ0n) is 14.7. The van der Waals surface area contributed by atoms with E-state index >= 15 is 0 Å². The third-order valence-corrected chi connectivity index (χ3v) is 4.46. The normalized spacial score (nSPS) is 12.2. The molecule has 0 spiro atoms. The van der Waals surface area contributed by atoms with Crippen LogP contribution in [-0.4, -0.2) is 33.1 Å². The van der Waals surface area contributed by atoms with Gasteiger partial charge in [-0.1, -0.05) is 22.9 Å². The SMILES string of the molecule is CC[C@H](O)CONC(=O)c1cn2ccnc2c(F)c1Nc1ccc(Br)cc1F. The average molecular weight is 455 g/mol. The largest absolute Gasteiger partial charge is 0.391 e. The summed E-state index contributed by atoms with van der Waals surface area (Å²) < 4.78 is 31.0. The van der Waals surface area contributed by atoms with Crippen LogP contribution in [0.2, 0.25) is 0 Å². The molecule has 1 atom stereocenters.